The van der Waals surface area contributed by atoms with E-state index in [1.54, 1.807) is 24.3 Å². The summed E-state index contributed by atoms with van der Waals surface area (Å²) < 4.78 is 0. The van der Waals surface area contributed by atoms with E-state index in [0.717, 1.165) is 0 Å². The Morgan fingerprint density at radius 1 is 1.35 bits per heavy atom. The van der Waals surface area contributed by atoms with E-state index in [-0.39, 0.29) is 17.9 Å². The quantitative estimate of drug-likeness (QED) is 0.600. The largest absolute Gasteiger partial charge is 0.398 e. The summed E-state index contributed by atoms with van der Waals surface area (Å²) in [6.07, 6.45) is 0.228. The summed E-state index contributed by atoms with van der Waals surface area (Å²) in [5.41, 5.74) is 6.47. The third-order valence-electron chi connectivity index (χ3n) is 2.13. The topological polar surface area (TPSA) is 81.8 Å². The second-order valence-electron chi connectivity index (χ2n) is 3.52. The zero-order chi connectivity index (χ0) is 12.8. The van der Waals surface area contributed by atoms with Crippen molar-refractivity contribution in [3.05, 3.63) is 35.4 Å². The average Bonchev–Trinajstić information content (AvgIpc) is 2.26. The van der Waals surface area contributed by atoms with Gasteiger partial charge in [-0.05, 0) is 12.5 Å². The minimum atomic E-state index is -0.692. The normalized spacial score (nSPS) is 11.1. The van der Waals surface area contributed by atoms with Crippen LogP contribution in [-0.2, 0) is 20.8 Å². The van der Waals surface area contributed by atoms with E-state index in [1.807, 2.05) is 0 Å². The van der Waals surface area contributed by atoms with Crippen LogP contribution in [0, 0.1) is 0 Å². The molecule has 0 radical (unpaired) electrons. The number of oxime groups is 1. The summed E-state index contributed by atoms with van der Waals surface area (Å²) >= 11 is 0. The molecule has 5 nitrogen and oxygen atoms in total. The maximum atomic E-state index is 11.3. The van der Waals surface area contributed by atoms with Crippen LogP contribution in [0.4, 0.5) is 0 Å². The molecule has 0 saturated carbocycles. The van der Waals surface area contributed by atoms with Gasteiger partial charge in [-0.15, -0.1) is 0 Å². The summed E-state index contributed by atoms with van der Waals surface area (Å²) in [5.74, 6) is -0.693. The van der Waals surface area contributed by atoms with E-state index in [9.17, 15) is 9.59 Å². The van der Waals surface area contributed by atoms with Crippen LogP contribution in [0.15, 0.2) is 29.4 Å². The molecule has 0 aromatic heterocycles. The summed E-state index contributed by atoms with van der Waals surface area (Å²) in [4.78, 5) is 27.0. The highest BCUT2D eigenvalue weighted by Crippen LogP contribution is 2.11. The molecule has 1 aromatic rings. The zero-order valence-electron chi connectivity index (χ0n) is 9.77. The van der Waals surface area contributed by atoms with Crippen LogP contribution < -0.4 is 5.73 Å². The van der Waals surface area contributed by atoms with Gasteiger partial charge in [0.2, 0.25) is 0 Å². The second kappa shape index (κ2) is 5.79. The molecule has 0 aliphatic heterocycles. The van der Waals surface area contributed by atoms with Crippen molar-refractivity contribution in [2.24, 2.45) is 10.9 Å². The molecule has 0 spiro atoms. The molecular weight excluding hydrogens is 220 g/mol. The van der Waals surface area contributed by atoms with Gasteiger partial charge in [-0.25, -0.2) is 0 Å². The van der Waals surface area contributed by atoms with E-state index < -0.39 is 5.91 Å². The summed E-state index contributed by atoms with van der Waals surface area (Å²) in [7, 11) is 1.33. The van der Waals surface area contributed by atoms with E-state index in [2.05, 4.69) is 9.99 Å². The Morgan fingerprint density at radius 2 is 2.00 bits per heavy atom. The van der Waals surface area contributed by atoms with Crippen molar-refractivity contribution >= 4 is 17.4 Å². The number of Topliss-reactive ketones (excluding diaryl/α,β-unsaturated/α-hetero) is 1. The van der Waals surface area contributed by atoms with E-state index in [1.165, 1.54) is 14.0 Å². The van der Waals surface area contributed by atoms with Crippen molar-refractivity contribution < 1.29 is 14.4 Å². The van der Waals surface area contributed by atoms with Crippen molar-refractivity contribution in [3.63, 3.8) is 0 Å². The van der Waals surface area contributed by atoms with Gasteiger partial charge in [0.15, 0.2) is 5.71 Å². The SMILES string of the molecule is CON=C(C(N)=O)c1ccccc1CC(C)=O. The number of benzene rings is 1. The molecule has 0 unspecified atom stereocenters. The predicted octanol–water partition coefficient (Wildman–Crippen LogP) is 0.654. The van der Waals surface area contributed by atoms with Gasteiger partial charge in [-0.3, -0.25) is 9.59 Å². The Labute approximate surface area is 99.2 Å². The highest BCUT2D eigenvalue weighted by Gasteiger charge is 2.15. The molecule has 5 heteroatoms. The van der Waals surface area contributed by atoms with Gasteiger partial charge in [0.25, 0.3) is 5.91 Å². The molecule has 90 valence electrons. The molecule has 0 aliphatic carbocycles. The predicted molar refractivity (Wildman–Crippen MR) is 63.6 cm³/mol. The summed E-state index contributed by atoms with van der Waals surface area (Å²) in [5, 5.41) is 3.59. The Hall–Kier alpha value is -2.17. The first-order valence-corrected chi connectivity index (χ1v) is 5.05. The summed E-state index contributed by atoms with van der Waals surface area (Å²) in [6.45, 7) is 1.48. The lowest BCUT2D eigenvalue weighted by Gasteiger charge is -2.07. The van der Waals surface area contributed by atoms with Crippen LogP contribution in [0.1, 0.15) is 18.1 Å². The number of rotatable bonds is 5. The van der Waals surface area contributed by atoms with Crippen molar-refractivity contribution in [2.75, 3.05) is 7.11 Å². The van der Waals surface area contributed by atoms with Gasteiger partial charge in [-0.2, -0.15) is 0 Å². The lowest BCUT2D eigenvalue weighted by Crippen LogP contribution is -2.26. The molecule has 1 amide bonds. The van der Waals surface area contributed by atoms with Crippen LogP contribution in [-0.4, -0.2) is 24.5 Å². The van der Waals surface area contributed by atoms with Crippen LogP contribution in [0.2, 0.25) is 0 Å². The van der Waals surface area contributed by atoms with Gasteiger partial charge in [-0.1, -0.05) is 29.4 Å². The van der Waals surface area contributed by atoms with Gasteiger partial charge in [0.1, 0.15) is 12.9 Å². The number of hydrogen-bond donors (Lipinski definition) is 1. The molecule has 2 N–H and O–H groups in total. The summed E-state index contributed by atoms with van der Waals surface area (Å²) in [6, 6.07) is 6.96. The van der Waals surface area contributed by atoms with Crippen molar-refractivity contribution in [3.8, 4) is 0 Å². The molecule has 0 aliphatic rings. The Kier molecular flexibility index (Phi) is 4.39. The number of nitrogens with zero attached hydrogens (tertiary/aromatic N) is 1. The highest BCUT2D eigenvalue weighted by atomic mass is 16.6. The second-order valence-corrected chi connectivity index (χ2v) is 3.52. The van der Waals surface area contributed by atoms with E-state index in [4.69, 9.17) is 5.73 Å². The van der Waals surface area contributed by atoms with E-state index in [0.29, 0.717) is 11.1 Å². The standard InChI is InChI=1S/C12H14N2O3/c1-8(15)7-9-5-3-4-6-10(9)11(12(13)16)14-17-2/h3-6H,7H2,1-2H3,(H2,13,16). The Bertz CT molecular complexity index is 467. The number of hydrogen-bond acceptors (Lipinski definition) is 4. The van der Waals surface area contributed by atoms with Crippen LogP contribution in [0.25, 0.3) is 0 Å². The number of nitrogens with two attached hydrogens (primary N) is 1. The molecule has 1 aromatic carbocycles. The minimum absolute atomic E-state index is 0.00122. The molecule has 0 fully saturated rings. The molecule has 1 rings (SSSR count). The fourth-order valence-electron chi connectivity index (χ4n) is 1.49. The number of amides is 1. The first kappa shape index (κ1) is 12.9. The average molecular weight is 234 g/mol. The van der Waals surface area contributed by atoms with Crippen LogP contribution in [0.5, 0.6) is 0 Å². The molecule has 0 bridgehead atoms. The number of ketones is 1. The van der Waals surface area contributed by atoms with Crippen LogP contribution in [0.3, 0.4) is 0 Å². The van der Waals surface area contributed by atoms with Gasteiger partial charge >= 0.3 is 0 Å². The van der Waals surface area contributed by atoms with Crippen LogP contribution >= 0.6 is 0 Å². The van der Waals surface area contributed by atoms with Crippen molar-refractivity contribution in [1.29, 1.82) is 0 Å². The highest BCUT2D eigenvalue weighted by molar-refractivity contribution is 6.45. The first-order chi connectivity index (χ1) is 8.06. The van der Waals surface area contributed by atoms with Gasteiger partial charge in [0.05, 0.1) is 0 Å². The smallest absolute Gasteiger partial charge is 0.271 e. The first-order valence-electron chi connectivity index (χ1n) is 5.05. The zero-order valence-corrected chi connectivity index (χ0v) is 9.77. The number of carbonyl (C=O) groups excluding carboxylic acids is 2. The molecule has 0 heterocycles. The fraction of sp³-hybridized carbons (Fsp3) is 0.250. The number of carbonyl (C=O) groups is 2. The lowest BCUT2D eigenvalue weighted by atomic mass is 9.99. The lowest BCUT2D eigenvalue weighted by molar-refractivity contribution is -0.116. The third kappa shape index (κ3) is 3.41. The maximum Gasteiger partial charge on any atom is 0.271 e. The van der Waals surface area contributed by atoms with E-state index >= 15 is 0 Å². The Balaban J connectivity index is 3.23. The molecule has 17 heavy (non-hydrogen) atoms. The maximum absolute atomic E-state index is 11.3. The monoisotopic (exact) mass is 234 g/mol. The third-order valence-corrected chi connectivity index (χ3v) is 2.13. The van der Waals surface area contributed by atoms with Gasteiger partial charge in [0, 0.05) is 12.0 Å². The Morgan fingerprint density at radius 3 is 2.53 bits per heavy atom. The fourth-order valence-corrected chi connectivity index (χ4v) is 1.49. The van der Waals surface area contributed by atoms with Gasteiger partial charge < -0.3 is 10.6 Å². The molecule has 0 saturated heterocycles. The molecule has 0 atom stereocenters. The van der Waals surface area contributed by atoms with Crippen molar-refractivity contribution in [1.82, 2.24) is 0 Å². The van der Waals surface area contributed by atoms with Crippen molar-refractivity contribution in [2.45, 2.75) is 13.3 Å². The molecular formula is C12H14N2O3. The minimum Gasteiger partial charge on any atom is -0.398 e. The number of primary amides is 1.